The van der Waals surface area contributed by atoms with Crippen LogP contribution in [0.25, 0.3) is 0 Å². The summed E-state index contributed by atoms with van der Waals surface area (Å²) < 4.78 is 0. The number of hydrogen-bond acceptors (Lipinski definition) is 4. The second kappa shape index (κ2) is 5.71. The fourth-order valence-electron chi connectivity index (χ4n) is 1.74. The fourth-order valence-corrected chi connectivity index (χ4v) is 1.74. The maximum atomic E-state index is 11.4. The van der Waals surface area contributed by atoms with Crippen LogP contribution in [-0.2, 0) is 4.79 Å². The lowest BCUT2D eigenvalue weighted by Crippen LogP contribution is -2.27. The number of carbonyl (C=O) groups is 1. The van der Waals surface area contributed by atoms with E-state index in [1.807, 2.05) is 13.0 Å². The first-order chi connectivity index (χ1) is 8.66. The van der Waals surface area contributed by atoms with E-state index in [4.69, 9.17) is 5.73 Å². The molecule has 0 aromatic carbocycles. The summed E-state index contributed by atoms with van der Waals surface area (Å²) in [7, 11) is 0. The summed E-state index contributed by atoms with van der Waals surface area (Å²) in [6.45, 7) is 3.42. The summed E-state index contributed by atoms with van der Waals surface area (Å²) in [4.78, 5) is 15.6. The predicted octanol–water partition coefficient (Wildman–Crippen LogP) is 1.30. The lowest BCUT2D eigenvalue weighted by molar-refractivity contribution is -0.122. The summed E-state index contributed by atoms with van der Waals surface area (Å²) in [5.41, 5.74) is 7.55. The molecule has 1 aliphatic rings. The second-order valence-electron chi connectivity index (χ2n) is 4.80. The minimum absolute atomic E-state index is 0.197. The molecule has 1 aromatic heterocycles. The number of aromatic nitrogens is 1. The lowest BCUT2D eigenvalue weighted by atomic mass is 10.3. The first-order valence-corrected chi connectivity index (χ1v) is 6.40. The molecule has 0 saturated heterocycles. The molecule has 5 heteroatoms. The minimum atomic E-state index is 0.197. The number of hydrogen-bond donors (Lipinski definition) is 3. The zero-order chi connectivity index (χ0) is 13.0. The van der Waals surface area contributed by atoms with Gasteiger partial charge in [-0.3, -0.25) is 4.79 Å². The quantitative estimate of drug-likeness (QED) is 0.663. The first-order valence-electron chi connectivity index (χ1n) is 6.40. The molecule has 2 rings (SSSR count). The number of nitrogens with one attached hydrogen (secondary N) is 2. The zero-order valence-electron chi connectivity index (χ0n) is 10.7. The van der Waals surface area contributed by atoms with Crippen LogP contribution in [0.2, 0.25) is 0 Å². The van der Waals surface area contributed by atoms with E-state index in [1.54, 1.807) is 6.20 Å². The van der Waals surface area contributed by atoms with Crippen LogP contribution in [0.15, 0.2) is 12.3 Å². The Hall–Kier alpha value is -1.78. The third-order valence-electron chi connectivity index (χ3n) is 2.95. The van der Waals surface area contributed by atoms with E-state index in [2.05, 4.69) is 15.6 Å². The Labute approximate surface area is 107 Å². The van der Waals surface area contributed by atoms with Gasteiger partial charge in [-0.05, 0) is 37.8 Å². The number of amides is 1. The molecule has 4 N–H and O–H groups in total. The van der Waals surface area contributed by atoms with Crippen LogP contribution in [-0.4, -0.2) is 24.0 Å². The third kappa shape index (κ3) is 3.61. The topological polar surface area (TPSA) is 80.0 Å². The van der Waals surface area contributed by atoms with Gasteiger partial charge in [0.05, 0.1) is 5.69 Å². The molecule has 1 aliphatic carbocycles. The molecule has 1 saturated carbocycles. The third-order valence-corrected chi connectivity index (χ3v) is 2.95. The summed E-state index contributed by atoms with van der Waals surface area (Å²) in [5.74, 6) is 1.20. The van der Waals surface area contributed by atoms with Crippen molar-refractivity contribution < 1.29 is 4.79 Å². The van der Waals surface area contributed by atoms with Crippen molar-refractivity contribution in [2.45, 2.75) is 26.2 Å². The Morgan fingerprint density at radius 1 is 1.50 bits per heavy atom. The van der Waals surface area contributed by atoms with Crippen molar-refractivity contribution >= 4 is 17.4 Å². The van der Waals surface area contributed by atoms with Crippen LogP contribution in [0.1, 0.15) is 24.8 Å². The molecular weight excluding hydrogens is 228 g/mol. The van der Waals surface area contributed by atoms with Crippen LogP contribution < -0.4 is 16.4 Å². The molecule has 5 nitrogen and oxygen atoms in total. The molecule has 1 heterocycles. The molecule has 98 valence electrons. The molecule has 0 radical (unpaired) electrons. The molecule has 0 atom stereocenters. The lowest BCUT2D eigenvalue weighted by Gasteiger charge is -2.09. The number of pyridine rings is 1. The zero-order valence-corrected chi connectivity index (χ0v) is 10.7. The second-order valence-corrected chi connectivity index (χ2v) is 4.80. The van der Waals surface area contributed by atoms with Gasteiger partial charge in [0.25, 0.3) is 0 Å². The maximum absolute atomic E-state index is 11.4. The number of nitrogens with two attached hydrogens (primary N) is 1. The summed E-state index contributed by atoms with van der Waals surface area (Å²) >= 11 is 0. The Morgan fingerprint density at radius 3 is 2.94 bits per heavy atom. The van der Waals surface area contributed by atoms with E-state index in [1.165, 1.54) is 0 Å². The summed E-state index contributed by atoms with van der Waals surface area (Å²) in [5, 5.41) is 6.10. The number of aryl methyl sites for hydroxylation is 1. The number of nitrogens with zero attached hydrogens (tertiary/aromatic N) is 1. The van der Waals surface area contributed by atoms with Gasteiger partial charge in [-0.15, -0.1) is 0 Å². The van der Waals surface area contributed by atoms with E-state index in [0.717, 1.165) is 31.4 Å². The Balaban J connectivity index is 1.63. The Bertz CT molecular complexity index is 429. The van der Waals surface area contributed by atoms with Crippen LogP contribution >= 0.6 is 0 Å². The Morgan fingerprint density at radius 2 is 2.28 bits per heavy atom. The van der Waals surface area contributed by atoms with Crippen LogP contribution in [0.4, 0.5) is 11.5 Å². The van der Waals surface area contributed by atoms with Crippen molar-refractivity contribution in [2.24, 2.45) is 5.92 Å². The smallest absolute Gasteiger partial charge is 0.223 e. The molecule has 0 spiro atoms. The van der Waals surface area contributed by atoms with Gasteiger partial charge < -0.3 is 16.4 Å². The largest absolute Gasteiger partial charge is 0.396 e. The highest BCUT2D eigenvalue weighted by Gasteiger charge is 2.28. The monoisotopic (exact) mass is 248 g/mol. The average molecular weight is 248 g/mol. The van der Waals surface area contributed by atoms with Gasteiger partial charge in [0, 0.05) is 25.2 Å². The van der Waals surface area contributed by atoms with Gasteiger partial charge >= 0.3 is 0 Å². The highest BCUT2D eigenvalue weighted by molar-refractivity contribution is 5.80. The number of anilines is 2. The van der Waals surface area contributed by atoms with Gasteiger partial charge in [0.2, 0.25) is 5.91 Å². The van der Waals surface area contributed by atoms with Crippen molar-refractivity contribution in [1.29, 1.82) is 0 Å². The van der Waals surface area contributed by atoms with Crippen molar-refractivity contribution in [3.63, 3.8) is 0 Å². The predicted molar refractivity (Wildman–Crippen MR) is 72.2 cm³/mol. The molecular formula is C13H20N4O. The van der Waals surface area contributed by atoms with Gasteiger partial charge in [0.15, 0.2) is 0 Å². The van der Waals surface area contributed by atoms with Crippen LogP contribution in [0.3, 0.4) is 0 Å². The van der Waals surface area contributed by atoms with Crippen LogP contribution in [0.5, 0.6) is 0 Å². The molecule has 1 fully saturated rings. The number of carbonyl (C=O) groups excluding carboxylic acids is 1. The average Bonchev–Trinajstić information content (AvgIpc) is 3.15. The fraction of sp³-hybridized carbons (Fsp3) is 0.538. The summed E-state index contributed by atoms with van der Waals surface area (Å²) in [6, 6.07) is 1.89. The van der Waals surface area contributed by atoms with Crippen molar-refractivity contribution in [1.82, 2.24) is 10.3 Å². The van der Waals surface area contributed by atoms with E-state index in [9.17, 15) is 4.79 Å². The minimum Gasteiger partial charge on any atom is -0.396 e. The van der Waals surface area contributed by atoms with Crippen LogP contribution in [0, 0.1) is 12.8 Å². The Kier molecular flexibility index (Phi) is 4.02. The molecule has 0 bridgehead atoms. The molecule has 0 aliphatic heterocycles. The number of nitrogen functional groups attached to an aromatic ring is 1. The highest BCUT2D eigenvalue weighted by atomic mass is 16.2. The van der Waals surface area contributed by atoms with Gasteiger partial charge in [-0.2, -0.15) is 0 Å². The van der Waals surface area contributed by atoms with E-state index in [-0.39, 0.29) is 11.8 Å². The maximum Gasteiger partial charge on any atom is 0.223 e. The van der Waals surface area contributed by atoms with Crippen molar-refractivity contribution in [3.8, 4) is 0 Å². The van der Waals surface area contributed by atoms with Gasteiger partial charge in [-0.25, -0.2) is 4.98 Å². The van der Waals surface area contributed by atoms with E-state index < -0.39 is 0 Å². The normalized spacial score (nSPS) is 14.3. The SMILES string of the molecule is Cc1cnc(NCCCNC(=O)C2CC2)c(N)c1. The van der Waals surface area contributed by atoms with Gasteiger partial charge in [0.1, 0.15) is 5.82 Å². The standard InChI is InChI=1S/C13H20N4O/c1-9-7-11(14)12(17-8-9)15-5-2-6-16-13(18)10-3-4-10/h7-8,10H,2-6,14H2,1H3,(H,15,17)(H,16,18). The molecule has 1 amide bonds. The molecule has 0 unspecified atom stereocenters. The van der Waals surface area contributed by atoms with E-state index in [0.29, 0.717) is 18.1 Å². The number of rotatable bonds is 6. The highest BCUT2D eigenvalue weighted by Crippen LogP contribution is 2.28. The molecule has 1 aromatic rings. The first kappa shape index (κ1) is 12.7. The van der Waals surface area contributed by atoms with Gasteiger partial charge in [-0.1, -0.05) is 0 Å². The van der Waals surface area contributed by atoms with E-state index >= 15 is 0 Å². The van der Waals surface area contributed by atoms with Crippen molar-refractivity contribution in [2.75, 3.05) is 24.1 Å². The summed E-state index contributed by atoms with van der Waals surface area (Å²) in [6.07, 6.45) is 4.75. The molecule has 18 heavy (non-hydrogen) atoms. The van der Waals surface area contributed by atoms with Crippen molar-refractivity contribution in [3.05, 3.63) is 17.8 Å².